The molecule has 0 fully saturated rings. The first-order valence-electron chi connectivity index (χ1n) is 6.28. The maximum absolute atomic E-state index is 12.3. The Balaban J connectivity index is 2.97. The van der Waals surface area contributed by atoms with Gasteiger partial charge in [-0.25, -0.2) is 0 Å². The van der Waals surface area contributed by atoms with Crippen molar-refractivity contribution in [3.8, 4) is 5.75 Å². The van der Waals surface area contributed by atoms with E-state index in [2.05, 4.69) is 0 Å². The zero-order valence-electron chi connectivity index (χ0n) is 11.2. The minimum absolute atomic E-state index is 0.0769. The van der Waals surface area contributed by atoms with Gasteiger partial charge in [0.25, 0.3) is 0 Å². The molecule has 1 amide bonds. The van der Waals surface area contributed by atoms with Crippen LogP contribution in [0.4, 0.5) is 5.69 Å². The zero-order chi connectivity index (χ0) is 14.4. The van der Waals surface area contributed by atoms with Gasteiger partial charge >= 0.3 is 5.97 Å². The van der Waals surface area contributed by atoms with E-state index in [9.17, 15) is 14.7 Å². The molecule has 0 radical (unpaired) electrons. The number of aromatic hydroxyl groups is 1. The molecule has 19 heavy (non-hydrogen) atoms. The van der Waals surface area contributed by atoms with Crippen LogP contribution in [0.2, 0.25) is 0 Å². The summed E-state index contributed by atoms with van der Waals surface area (Å²) in [4.78, 5) is 24.4. The third kappa shape index (κ3) is 4.28. The van der Waals surface area contributed by atoms with Crippen LogP contribution in [0.5, 0.6) is 5.75 Å². The Morgan fingerprint density at radius 3 is 2.32 bits per heavy atom. The Morgan fingerprint density at radius 1 is 1.26 bits per heavy atom. The number of anilines is 1. The molecule has 5 nitrogen and oxygen atoms in total. The van der Waals surface area contributed by atoms with Crippen LogP contribution in [0.3, 0.4) is 0 Å². The SMILES string of the molecule is CCCC(C)C(=O)N(CC(=O)O)c1ccc(O)cc1. The summed E-state index contributed by atoms with van der Waals surface area (Å²) in [5.41, 5.74) is 0.480. The van der Waals surface area contributed by atoms with Gasteiger partial charge in [0.15, 0.2) is 0 Å². The smallest absolute Gasteiger partial charge is 0.323 e. The monoisotopic (exact) mass is 265 g/mol. The summed E-state index contributed by atoms with van der Waals surface area (Å²) in [5, 5.41) is 18.1. The second-order valence-electron chi connectivity index (χ2n) is 4.52. The van der Waals surface area contributed by atoms with Crippen molar-refractivity contribution in [2.24, 2.45) is 5.92 Å². The summed E-state index contributed by atoms with van der Waals surface area (Å²) < 4.78 is 0. The summed E-state index contributed by atoms with van der Waals surface area (Å²) >= 11 is 0. The fourth-order valence-corrected chi connectivity index (χ4v) is 1.89. The van der Waals surface area contributed by atoms with Gasteiger partial charge in [-0.3, -0.25) is 9.59 Å². The van der Waals surface area contributed by atoms with Gasteiger partial charge in [-0.05, 0) is 30.7 Å². The van der Waals surface area contributed by atoms with Crippen molar-refractivity contribution in [3.05, 3.63) is 24.3 Å². The van der Waals surface area contributed by atoms with Crippen LogP contribution in [0.15, 0.2) is 24.3 Å². The molecular weight excluding hydrogens is 246 g/mol. The number of nitrogens with zero attached hydrogens (tertiary/aromatic N) is 1. The number of carbonyl (C=O) groups is 2. The van der Waals surface area contributed by atoms with Gasteiger partial charge in [0, 0.05) is 11.6 Å². The second kappa shape index (κ2) is 6.78. The summed E-state index contributed by atoms with van der Waals surface area (Å²) in [6, 6.07) is 5.94. The summed E-state index contributed by atoms with van der Waals surface area (Å²) in [6.07, 6.45) is 1.58. The number of hydrogen-bond acceptors (Lipinski definition) is 3. The molecule has 1 unspecified atom stereocenters. The van der Waals surface area contributed by atoms with Gasteiger partial charge in [-0.2, -0.15) is 0 Å². The Hall–Kier alpha value is -2.04. The number of amides is 1. The van der Waals surface area contributed by atoms with Crippen molar-refractivity contribution in [1.82, 2.24) is 0 Å². The topological polar surface area (TPSA) is 77.8 Å². The Morgan fingerprint density at radius 2 is 1.84 bits per heavy atom. The van der Waals surface area contributed by atoms with Crippen LogP contribution in [0.1, 0.15) is 26.7 Å². The van der Waals surface area contributed by atoms with Gasteiger partial charge in [0.1, 0.15) is 12.3 Å². The predicted molar refractivity (Wildman–Crippen MR) is 72.2 cm³/mol. The Labute approximate surface area is 112 Å². The highest BCUT2D eigenvalue weighted by atomic mass is 16.4. The zero-order valence-corrected chi connectivity index (χ0v) is 11.2. The number of carbonyl (C=O) groups excluding carboxylic acids is 1. The lowest BCUT2D eigenvalue weighted by Gasteiger charge is -2.24. The fraction of sp³-hybridized carbons (Fsp3) is 0.429. The minimum atomic E-state index is -1.06. The molecule has 0 bridgehead atoms. The number of rotatable bonds is 6. The summed E-state index contributed by atoms with van der Waals surface area (Å²) in [7, 11) is 0. The average Bonchev–Trinajstić information content (AvgIpc) is 2.36. The van der Waals surface area contributed by atoms with E-state index in [0.29, 0.717) is 12.1 Å². The van der Waals surface area contributed by atoms with Gasteiger partial charge < -0.3 is 15.1 Å². The molecule has 0 heterocycles. The summed E-state index contributed by atoms with van der Waals surface area (Å²) in [6.45, 7) is 3.39. The van der Waals surface area contributed by atoms with E-state index in [0.717, 1.165) is 6.42 Å². The maximum Gasteiger partial charge on any atom is 0.323 e. The molecule has 0 aromatic heterocycles. The molecule has 1 aromatic carbocycles. The number of phenolic OH excluding ortho intramolecular Hbond substituents is 1. The first-order valence-corrected chi connectivity index (χ1v) is 6.28. The number of hydrogen-bond donors (Lipinski definition) is 2. The molecule has 0 aliphatic carbocycles. The quantitative estimate of drug-likeness (QED) is 0.827. The van der Waals surface area contributed by atoms with Gasteiger partial charge in [0.05, 0.1) is 0 Å². The lowest BCUT2D eigenvalue weighted by molar-refractivity contribution is -0.137. The van der Waals surface area contributed by atoms with E-state index in [1.165, 1.54) is 29.2 Å². The van der Waals surface area contributed by atoms with Crippen LogP contribution in [0, 0.1) is 5.92 Å². The van der Waals surface area contributed by atoms with E-state index >= 15 is 0 Å². The predicted octanol–water partition coefficient (Wildman–Crippen LogP) is 2.25. The van der Waals surface area contributed by atoms with E-state index in [4.69, 9.17) is 5.11 Å². The number of carboxylic acid groups (broad SMARTS) is 1. The van der Waals surface area contributed by atoms with Crippen molar-refractivity contribution in [2.75, 3.05) is 11.4 Å². The maximum atomic E-state index is 12.3. The number of carboxylic acids is 1. The summed E-state index contributed by atoms with van der Waals surface area (Å²) in [5.74, 6) is -1.42. The average molecular weight is 265 g/mol. The van der Waals surface area contributed by atoms with E-state index in [1.807, 2.05) is 6.92 Å². The molecule has 0 aliphatic heterocycles. The fourth-order valence-electron chi connectivity index (χ4n) is 1.89. The normalized spacial score (nSPS) is 11.9. The molecule has 0 saturated carbocycles. The van der Waals surface area contributed by atoms with E-state index in [1.54, 1.807) is 6.92 Å². The third-order valence-corrected chi connectivity index (χ3v) is 2.86. The molecule has 0 aliphatic rings. The van der Waals surface area contributed by atoms with Crippen LogP contribution < -0.4 is 4.90 Å². The highest BCUT2D eigenvalue weighted by Gasteiger charge is 2.23. The van der Waals surface area contributed by atoms with Crippen LogP contribution >= 0.6 is 0 Å². The molecule has 0 saturated heterocycles. The van der Waals surface area contributed by atoms with Gasteiger partial charge in [-0.1, -0.05) is 20.3 Å². The molecule has 5 heteroatoms. The first-order chi connectivity index (χ1) is 8.95. The molecule has 1 rings (SSSR count). The van der Waals surface area contributed by atoms with Crippen LogP contribution in [-0.4, -0.2) is 28.6 Å². The number of phenols is 1. The van der Waals surface area contributed by atoms with Crippen molar-refractivity contribution >= 4 is 17.6 Å². The standard InChI is InChI=1S/C14H19NO4/c1-3-4-10(2)14(19)15(9-13(17)18)11-5-7-12(16)8-6-11/h5-8,10,16H,3-4,9H2,1-2H3,(H,17,18). The van der Waals surface area contributed by atoms with Gasteiger partial charge in [0.2, 0.25) is 5.91 Å². The molecule has 104 valence electrons. The molecule has 1 aromatic rings. The molecule has 2 N–H and O–H groups in total. The molecule has 1 atom stereocenters. The largest absolute Gasteiger partial charge is 0.508 e. The third-order valence-electron chi connectivity index (χ3n) is 2.86. The molecule has 0 spiro atoms. The highest BCUT2D eigenvalue weighted by molar-refractivity contribution is 5.98. The van der Waals surface area contributed by atoms with Crippen molar-refractivity contribution < 1.29 is 19.8 Å². The second-order valence-corrected chi connectivity index (χ2v) is 4.52. The lowest BCUT2D eigenvalue weighted by Crippen LogP contribution is -2.39. The van der Waals surface area contributed by atoms with Crippen LogP contribution in [-0.2, 0) is 9.59 Å². The number of aliphatic carboxylic acids is 1. The Bertz CT molecular complexity index is 441. The number of benzene rings is 1. The van der Waals surface area contributed by atoms with Crippen LogP contribution in [0.25, 0.3) is 0 Å². The lowest BCUT2D eigenvalue weighted by atomic mass is 10.0. The van der Waals surface area contributed by atoms with Gasteiger partial charge in [-0.15, -0.1) is 0 Å². The first kappa shape index (κ1) is 15.0. The van der Waals surface area contributed by atoms with Crippen molar-refractivity contribution in [2.45, 2.75) is 26.7 Å². The van der Waals surface area contributed by atoms with E-state index < -0.39 is 5.97 Å². The molecular formula is C14H19NO4. The van der Waals surface area contributed by atoms with Crippen molar-refractivity contribution in [3.63, 3.8) is 0 Å². The Kier molecular flexibility index (Phi) is 5.36. The van der Waals surface area contributed by atoms with E-state index in [-0.39, 0.29) is 24.1 Å². The highest BCUT2D eigenvalue weighted by Crippen LogP contribution is 2.21. The van der Waals surface area contributed by atoms with Crippen molar-refractivity contribution in [1.29, 1.82) is 0 Å². The minimum Gasteiger partial charge on any atom is -0.508 e.